The van der Waals surface area contributed by atoms with E-state index in [1.54, 1.807) is 19.2 Å². The number of hydrogen-bond acceptors (Lipinski definition) is 3. The maximum atomic E-state index is 12.5. The van der Waals surface area contributed by atoms with E-state index in [2.05, 4.69) is 0 Å². The van der Waals surface area contributed by atoms with Crippen LogP contribution in [0.3, 0.4) is 0 Å². The molecule has 1 heterocycles. The second kappa shape index (κ2) is 7.27. The zero-order valence-electron chi connectivity index (χ0n) is 13.6. The number of nitrogens with two attached hydrogens (primary N) is 1. The van der Waals surface area contributed by atoms with Gasteiger partial charge in [-0.2, -0.15) is 0 Å². The van der Waals surface area contributed by atoms with Crippen LogP contribution in [0, 0.1) is 0 Å². The molecule has 0 aromatic heterocycles. The van der Waals surface area contributed by atoms with E-state index in [-0.39, 0.29) is 24.3 Å². The summed E-state index contributed by atoms with van der Waals surface area (Å²) in [5.41, 5.74) is 1.80. The van der Waals surface area contributed by atoms with Gasteiger partial charge in [-0.1, -0.05) is 30.3 Å². The molecule has 5 nitrogen and oxygen atoms in total. The van der Waals surface area contributed by atoms with Crippen LogP contribution in [-0.4, -0.2) is 31.5 Å². The molecule has 2 aromatic rings. The minimum absolute atomic E-state index is 0.128. The van der Waals surface area contributed by atoms with Crippen molar-refractivity contribution in [2.45, 2.75) is 18.9 Å². The molecule has 2 N–H and O–H groups in total. The molecule has 0 spiro atoms. The summed E-state index contributed by atoms with van der Waals surface area (Å²) in [4.78, 5) is 26.0. The molecule has 2 amide bonds. The van der Waals surface area contributed by atoms with Crippen LogP contribution in [0.1, 0.15) is 12.0 Å². The smallest absolute Gasteiger partial charge is 0.292 e. The Balaban J connectivity index is 1.58. The summed E-state index contributed by atoms with van der Waals surface area (Å²) in [5, 5.41) is 1.96. The standard InChI is InChI=1S/C19H20N2O3/c1-24-16-9-5-6-14(12-16)10-11-20-17-13-18(22)21(19(17)23)15-7-3-2-4-8-15/h2-9,12,17,20H,10-11,13H2,1H3/p+1/t17-/m1/s1. The maximum absolute atomic E-state index is 12.5. The van der Waals surface area contributed by atoms with E-state index in [4.69, 9.17) is 4.74 Å². The molecule has 1 saturated heterocycles. The first-order chi connectivity index (χ1) is 11.7. The molecule has 1 aliphatic rings. The number of carbonyl (C=O) groups is 2. The fourth-order valence-electron chi connectivity index (χ4n) is 2.97. The van der Waals surface area contributed by atoms with Crippen LogP contribution in [0.15, 0.2) is 54.6 Å². The maximum Gasteiger partial charge on any atom is 0.292 e. The fourth-order valence-corrected chi connectivity index (χ4v) is 2.97. The Kier molecular flexibility index (Phi) is 4.91. The van der Waals surface area contributed by atoms with Crippen LogP contribution in [0.5, 0.6) is 5.75 Å². The minimum atomic E-state index is -0.330. The van der Waals surface area contributed by atoms with Crippen LogP contribution in [-0.2, 0) is 16.0 Å². The first-order valence-electron chi connectivity index (χ1n) is 8.07. The van der Waals surface area contributed by atoms with Crippen LogP contribution in [0.25, 0.3) is 0 Å². The van der Waals surface area contributed by atoms with Crippen molar-refractivity contribution in [1.82, 2.24) is 0 Å². The number of nitrogens with zero attached hydrogens (tertiary/aromatic N) is 1. The first-order valence-corrected chi connectivity index (χ1v) is 8.07. The number of rotatable bonds is 6. The summed E-state index contributed by atoms with van der Waals surface area (Å²) in [6, 6.07) is 16.7. The molecular weight excluding hydrogens is 304 g/mol. The van der Waals surface area contributed by atoms with Crippen LogP contribution in [0.4, 0.5) is 5.69 Å². The average molecular weight is 325 g/mol. The summed E-state index contributed by atoms with van der Waals surface area (Å²) in [7, 11) is 1.65. The lowest BCUT2D eigenvalue weighted by atomic mass is 10.1. The zero-order chi connectivity index (χ0) is 16.9. The van der Waals surface area contributed by atoms with Gasteiger partial charge in [0.2, 0.25) is 5.91 Å². The molecule has 1 aliphatic heterocycles. The first kappa shape index (κ1) is 16.2. The summed E-state index contributed by atoms with van der Waals surface area (Å²) < 4.78 is 5.21. The highest BCUT2D eigenvalue weighted by atomic mass is 16.5. The van der Waals surface area contributed by atoms with E-state index in [1.807, 2.05) is 47.8 Å². The predicted molar refractivity (Wildman–Crippen MR) is 90.8 cm³/mol. The van der Waals surface area contributed by atoms with E-state index in [0.29, 0.717) is 5.69 Å². The third-order valence-corrected chi connectivity index (χ3v) is 4.21. The van der Waals surface area contributed by atoms with Crippen molar-refractivity contribution in [2.24, 2.45) is 0 Å². The van der Waals surface area contributed by atoms with Gasteiger partial charge >= 0.3 is 0 Å². The number of carbonyl (C=O) groups excluding carboxylic acids is 2. The Morgan fingerprint density at radius 1 is 1.12 bits per heavy atom. The van der Waals surface area contributed by atoms with E-state index in [1.165, 1.54) is 4.90 Å². The molecule has 3 rings (SSSR count). The molecule has 1 atom stereocenters. The van der Waals surface area contributed by atoms with Gasteiger partial charge in [-0.25, -0.2) is 4.90 Å². The summed E-state index contributed by atoms with van der Waals surface area (Å²) in [6.45, 7) is 0.749. The number of imide groups is 1. The normalized spacial score (nSPS) is 17.4. The summed E-state index contributed by atoms with van der Waals surface area (Å²) in [6.07, 6.45) is 1.08. The van der Waals surface area contributed by atoms with Gasteiger partial charge in [-0.15, -0.1) is 0 Å². The van der Waals surface area contributed by atoms with Crippen molar-refractivity contribution in [3.05, 3.63) is 60.2 Å². The Hall–Kier alpha value is -2.66. The van der Waals surface area contributed by atoms with Crippen molar-refractivity contribution in [1.29, 1.82) is 0 Å². The number of quaternary nitrogens is 1. The molecule has 5 heteroatoms. The quantitative estimate of drug-likeness (QED) is 0.810. The zero-order valence-corrected chi connectivity index (χ0v) is 13.6. The summed E-state index contributed by atoms with van der Waals surface area (Å²) >= 11 is 0. The third-order valence-electron chi connectivity index (χ3n) is 4.21. The SMILES string of the molecule is COc1cccc(CC[NH2+][C@@H]2CC(=O)N(c3ccccc3)C2=O)c1. The van der Waals surface area contributed by atoms with Crippen molar-refractivity contribution in [3.63, 3.8) is 0 Å². The van der Waals surface area contributed by atoms with Gasteiger partial charge in [0.05, 0.1) is 25.8 Å². The highest BCUT2D eigenvalue weighted by Crippen LogP contribution is 2.21. The molecule has 124 valence electrons. The number of para-hydroxylation sites is 1. The highest BCUT2D eigenvalue weighted by Gasteiger charge is 2.41. The molecule has 0 aliphatic carbocycles. The molecule has 0 saturated carbocycles. The van der Waals surface area contributed by atoms with Crippen LogP contribution < -0.4 is 15.0 Å². The second-order valence-electron chi connectivity index (χ2n) is 5.84. The Morgan fingerprint density at radius 2 is 1.92 bits per heavy atom. The molecule has 24 heavy (non-hydrogen) atoms. The molecule has 0 radical (unpaired) electrons. The lowest BCUT2D eigenvalue weighted by Gasteiger charge is -2.14. The van der Waals surface area contributed by atoms with Gasteiger partial charge < -0.3 is 10.1 Å². The van der Waals surface area contributed by atoms with Gasteiger partial charge in [0, 0.05) is 6.42 Å². The van der Waals surface area contributed by atoms with Gasteiger partial charge in [-0.3, -0.25) is 9.59 Å². The largest absolute Gasteiger partial charge is 0.497 e. The van der Waals surface area contributed by atoms with Crippen molar-refractivity contribution in [2.75, 3.05) is 18.6 Å². The Bertz CT molecular complexity index is 730. The molecule has 2 aromatic carbocycles. The molecule has 0 unspecified atom stereocenters. The van der Waals surface area contributed by atoms with Crippen LogP contribution >= 0.6 is 0 Å². The highest BCUT2D eigenvalue weighted by molar-refractivity contribution is 6.21. The average Bonchev–Trinajstić information content (AvgIpc) is 2.89. The lowest BCUT2D eigenvalue weighted by Crippen LogP contribution is -2.92. The van der Waals surface area contributed by atoms with Crippen molar-refractivity contribution in [3.8, 4) is 5.75 Å². The van der Waals surface area contributed by atoms with Gasteiger partial charge in [0.15, 0.2) is 6.04 Å². The van der Waals surface area contributed by atoms with Gasteiger partial charge in [-0.05, 0) is 29.8 Å². The minimum Gasteiger partial charge on any atom is -0.497 e. The Morgan fingerprint density at radius 3 is 2.67 bits per heavy atom. The number of amides is 2. The number of anilines is 1. The number of ether oxygens (including phenoxy) is 1. The van der Waals surface area contributed by atoms with E-state index in [0.717, 1.165) is 24.3 Å². The van der Waals surface area contributed by atoms with E-state index >= 15 is 0 Å². The van der Waals surface area contributed by atoms with E-state index < -0.39 is 0 Å². The Labute approximate surface area is 141 Å². The van der Waals surface area contributed by atoms with Crippen molar-refractivity contribution >= 4 is 17.5 Å². The molecule has 1 fully saturated rings. The monoisotopic (exact) mass is 325 g/mol. The lowest BCUT2D eigenvalue weighted by molar-refractivity contribution is -0.674. The number of methoxy groups -OCH3 is 1. The second-order valence-corrected chi connectivity index (χ2v) is 5.84. The van der Waals surface area contributed by atoms with E-state index in [9.17, 15) is 9.59 Å². The van der Waals surface area contributed by atoms with Crippen LogP contribution in [0.2, 0.25) is 0 Å². The van der Waals surface area contributed by atoms with Crippen molar-refractivity contribution < 1.29 is 19.6 Å². The third kappa shape index (κ3) is 3.46. The molecule has 0 bridgehead atoms. The topological polar surface area (TPSA) is 63.2 Å². The van der Waals surface area contributed by atoms with Gasteiger partial charge in [0.1, 0.15) is 5.75 Å². The van der Waals surface area contributed by atoms with Gasteiger partial charge in [0.25, 0.3) is 5.91 Å². The fraction of sp³-hybridized carbons (Fsp3) is 0.263. The molecular formula is C19H21N2O3+. The number of benzene rings is 2. The summed E-state index contributed by atoms with van der Waals surface area (Å²) in [5.74, 6) is 0.570. The number of hydrogen-bond donors (Lipinski definition) is 1. The predicted octanol–water partition coefficient (Wildman–Crippen LogP) is 1.13.